The third kappa shape index (κ3) is 2.76. The summed E-state index contributed by atoms with van der Waals surface area (Å²) in [5.74, 6) is 0.419. The van der Waals surface area contributed by atoms with Gasteiger partial charge in [-0.05, 0) is 24.6 Å². The number of ether oxygens (including phenoxy) is 1. The van der Waals surface area contributed by atoms with Gasteiger partial charge in [0.05, 0.1) is 0 Å². The van der Waals surface area contributed by atoms with E-state index in [9.17, 15) is 4.79 Å². The zero-order valence-electron chi connectivity index (χ0n) is 7.36. The van der Waals surface area contributed by atoms with Gasteiger partial charge in [0.15, 0.2) is 0 Å². The van der Waals surface area contributed by atoms with Crippen molar-refractivity contribution in [3.05, 3.63) is 29.8 Å². The minimum atomic E-state index is -0.818. The Hall–Kier alpha value is -1.55. The molecule has 0 aromatic heterocycles. The zero-order chi connectivity index (χ0) is 9.84. The lowest BCUT2D eigenvalue weighted by Crippen LogP contribution is -2.16. The fourth-order valence-electron chi connectivity index (χ4n) is 0.977. The SMILES string of the molecule is CC(N)c1cccc(OC(N)=O)c1. The summed E-state index contributed by atoms with van der Waals surface area (Å²) < 4.78 is 4.69. The molecule has 0 fully saturated rings. The molecule has 1 atom stereocenters. The highest BCUT2D eigenvalue weighted by Crippen LogP contribution is 2.17. The molecule has 1 aromatic rings. The molecule has 0 saturated carbocycles. The van der Waals surface area contributed by atoms with E-state index >= 15 is 0 Å². The summed E-state index contributed by atoms with van der Waals surface area (Å²) in [5.41, 5.74) is 11.4. The van der Waals surface area contributed by atoms with E-state index in [0.717, 1.165) is 5.56 Å². The van der Waals surface area contributed by atoms with Crippen molar-refractivity contribution in [2.75, 3.05) is 0 Å². The summed E-state index contributed by atoms with van der Waals surface area (Å²) in [7, 11) is 0. The molecule has 13 heavy (non-hydrogen) atoms. The van der Waals surface area contributed by atoms with Crippen LogP contribution in [0.2, 0.25) is 0 Å². The molecule has 0 saturated heterocycles. The van der Waals surface area contributed by atoms with Gasteiger partial charge in [-0.15, -0.1) is 0 Å². The molecule has 0 aliphatic carbocycles. The molecular weight excluding hydrogens is 168 g/mol. The van der Waals surface area contributed by atoms with E-state index in [1.165, 1.54) is 0 Å². The molecule has 1 amide bonds. The van der Waals surface area contributed by atoms with Crippen LogP contribution in [0.25, 0.3) is 0 Å². The van der Waals surface area contributed by atoms with E-state index in [1.54, 1.807) is 18.2 Å². The Morgan fingerprint density at radius 2 is 2.23 bits per heavy atom. The number of benzene rings is 1. The predicted molar refractivity (Wildman–Crippen MR) is 49.3 cm³/mol. The number of rotatable bonds is 2. The molecule has 4 nitrogen and oxygen atoms in total. The van der Waals surface area contributed by atoms with Crippen LogP contribution in [0, 0.1) is 0 Å². The fourth-order valence-corrected chi connectivity index (χ4v) is 0.977. The normalized spacial score (nSPS) is 12.2. The largest absolute Gasteiger partial charge is 0.410 e. The van der Waals surface area contributed by atoms with E-state index in [1.807, 2.05) is 13.0 Å². The maximum atomic E-state index is 10.4. The number of carbonyl (C=O) groups excluding carboxylic acids is 1. The summed E-state index contributed by atoms with van der Waals surface area (Å²) in [6, 6.07) is 6.87. The highest BCUT2D eigenvalue weighted by molar-refractivity contribution is 5.68. The zero-order valence-corrected chi connectivity index (χ0v) is 7.36. The lowest BCUT2D eigenvalue weighted by atomic mass is 10.1. The Bertz CT molecular complexity index is 310. The quantitative estimate of drug-likeness (QED) is 0.716. The molecular formula is C9H12N2O2. The average Bonchev–Trinajstić information content (AvgIpc) is 2.03. The average molecular weight is 180 g/mol. The molecule has 0 bridgehead atoms. The third-order valence-electron chi connectivity index (χ3n) is 1.60. The second-order valence-corrected chi connectivity index (χ2v) is 2.78. The summed E-state index contributed by atoms with van der Waals surface area (Å²) in [5, 5.41) is 0. The number of carbonyl (C=O) groups is 1. The van der Waals surface area contributed by atoms with Gasteiger partial charge in [-0.25, -0.2) is 4.79 Å². The first-order valence-electron chi connectivity index (χ1n) is 3.92. The Morgan fingerprint density at radius 3 is 2.77 bits per heavy atom. The fraction of sp³-hybridized carbons (Fsp3) is 0.222. The maximum Gasteiger partial charge on any atom is 0.409 e. The molecule has 4 N–H and O–H groups in total. The number of hydrogen-bond acceptors (Lipinski definition) is 3. The van der Waals surface area contributed by atoms with Crippen molar-refractivity contribution in [2.24, 2.45) is 11.5 Å². The van der Waals surface area contributed by atoms with Gasteiger partial charge in [0.1, 0.15) is 5.75 Å². The number of amides is 1. The van der Waals surface area contributed by atoms with Crippen LogP contribution < -0.4 is 16.2 Å². The molecule has 1 unspecified atom stereocenters. The lowest BCUT2D eigenvalue weighted by Gasteiger charge is -2.06. The van der Waals surface area contributed by atoms with Crippen LogP contribution in [0.1, 0.15) is 18.5 Å². The Balaban J connectivity index is 2.85. The molecule has 1 rings (SSSR count). The summed E-state index contributed by atoms with van der Waals surface area (Å²) in [6.07, 6.45) is -0.818. The van der Waals surface area contributed by atoms with Crippen LogP contribution in [0.15, 0.2) is 24.3 Å². The van der Waals surface area contributed by atoms with E-state index in [4.69, 9.17) is 11.5 Å². The molecule has 0 aliphatic heterocycles. The lowest BCUT2D eigenvalue weighted by molar-refractivity contribution is 0.211. The molecule has 1 aromatic carbocycles. The van der Waals surface area contributed by atoms with Gasteiger partial charge in [-0.1, -0.05) is 12.1 Å². The summed E-state index contributed by atoms with van der Waals surface area (Å²) >= 11 is 0. The van der Waals surface area contributed by atoms with Crippen molar-refractivity contribution in [1.29, 1.82) is 0 Å². The minimum absolute atomic E-state index is 0.0866. The van der Waals surface area contributed by atoms with Crippen molar-refractivity contribution >= 4 is 6.09 Å². The summed E-state index contributed by atoms with van der Waals surface area (Å²) in [6.45, 7) is 1.85. The summed E-state index contributed by atoms with van der Waals surface area (Å²) in [4.78, 5) is 10.4. The van der Waals surface area contributed by atoms with Crippen LogP contribution in [-0.4, -0.2) is 6.09 Å². The monoisotopic (exact) mass is 180 g/mol. The van der Waals surface area contributed by atoms with Gasteiger partial charge in [0, 0.05) is 6.04 Å². The van der Waals surface area contributed by atoms with Crippen LogP contribution >= 0.6 is 0 Å². The number of nitrogens with two attached hydrogens (primary N) is 2. The van der Waals surface area contributed by atoms with Gasteiger partial charge in [0.25, 0.3) is 0 Å². The van der Waals surface area contributed by atoms with Gasteiger partial charge in [0.2, 0.25) is 0 Å². The maximum absolute atomic E-state index is 10.4. The molecule has 0 aliphatic rings. The van der Waals surface area contributed by atoms with E-state index < -0.39 is 6.09 Å². The molecule has 70 valence electrons. The van der Waals surface area contributed by atoms with Crippen molar-refractivity contribution < 1.29 is 9.53 Å². The minimum Gasteiger partial charge on any atom is -0.410 e. The van der Waals surface area contributed by atoms with Gasteiger partial charge in [-0.3, -0.25) is 0 Å². The predicted octanol–water partition coefficient (Wildman–Crippen LogP) is 1.16. The van der Waals surface area contributed by atoms with Crippen molar-refractivity contribution in [3.8, 4) is 5.75 Å². The number of primary amides is 1. The highest BCUT2D eigenvalue weighted by atomic mass is 16.5. The number of hydrogen-bond donors (Lipinski definition) is 2. The van der Waals surface area contributed by atoms with E-state index in [0.29, 0.717) is 5.75 Å². The van der Waals surface area contributed by atoms with Crippen LogP contribution in [-0.2, 0) is 0 Å². The van der Waals surface area contributed by atoms with E-state index in [-0.39, 0.29) is 6.04 Å². The van der Waals surface area contributed by atoms with Crippen molar-refractivity contribution in [3.63, 3.8) is 0 Å². The molecule has 0 heterocycles. The van der Waals surface area contributed by atoms with Gasteiger partial charge < -0.3 is 16.2 Å². The van der Waals surface area contributed by atoms with Crippen LogP contribution in [0.5, 0.6) is 5.75 Å². The second kappa shape index (κ2) is 3.91. The molecule has 0 spiro atoms. The molecule has 0 radical (unpaired) electrons. The van der Waals surface area contributed by atoms with Crippen molar-refractivity contribution in [2.45, 2.75) is 13.0 Å². The van der Waals surface area contributed by atoms with Crippen molar-refractivity contribution in [1.82, 2.24) is 0 Å². The third-order valence-corrected chi connectivity index (χ3v) is 1.60. The first kappa shape index (κ1) is 9.54. The highest BCUT2D eigenvalue weighted by Gasteiger charge is 2.02. The van der Waals surface area contributed by atoms with Gasteiger partial charge in [-0.2, -0.15) is 0 Å². The standard InChI is InChI=1S/C9H12N2O2/c1-6(10)7-3-2-4-8(5-7)13-9(11)12/h2-6H,10H2,1H3,(H2,11,12). The van der Waals surface area contributed by atoms with E-state index in [2.05, 4.69) is 4.74 Å². The Morgan fingerprint density at radius 1 is 1.54 bits per heavy atom. The smallest absolute Gasteiger partial charge is 0.409 e. The van der Waals surface area contributed by atoms with Crippen LogP contribution in [0.3, 0.4) is 0 Å². The molecule has 4 heteroatoms. The topological polar surface area (TPSA) is 78.3 Å². The van der Waals surface area contributed by atoms with Crippen LogP contribution in [0.4, 0.5) is 4.79 Å². The first-order chi connectivity index (χ1) is 6.09. The van der Waals surface area contributed by atoms with Gasteiger partial charge >= 0.3 is 6.09 Å². The second-order valence-electron chi connectivity index (χ2n) is 2.78. The Kier molecular flexibility index (Phi) is 2.87. The Labute approximate surface area is 76.5 Å². The first-order valence-corrected chi connectivity index (χ1v) is 3.92.